The van der Waals surface area contributed by atoms with Crippen LogP contribution in [-0.4, -0.2) is 64.2 Å². The first-order valence-corrected chi connectivity index (χ1v) is 10.3. The van der Waals surface area contributed by atoms with Crippen molar-refractivity contribution in [3.05, 3.63) is 32.5 Å². The van der Waals surface area contributed by atoms with Crippen LogP contribution in [0.1, 0.15) is 20.3 Å². The molecule has 0 saturated carbocycles. The van der Waals surface area contributed by atoms with Crippen molar-refractivity contribution in [2.24, 2.45) is 14.1 Å². The van der Waals surface area contributed by atoms with Gasteiger partial charge in [0.2, 0.25) is 5.95 Å². The molecular weight excluding hydrogens is 388 g/mol. The minimum atomic E-state index is -0.367. The van der Waals surface area contributed by atoms with Crippen LogP contribution < -0.4 is 21.9 Å². The van der Waals surface area contributed by atoms with E-state index in [-0.39, 0.29) is 17.3 Å². The Morgan fingerprint density at radius 2 is 1.83 bits per heavy atom. The molecule has 2 aliphatic heterocycles. The summed E-state index contributed by atoms with van der Waals surface area (Å²) in [7, 11) is 3.14. The van der Waals surface area contributed by atoms with Gasteiger partial charge in [-0.1, -0.05) is 11.6 Å². The Bertz CT molecular complexity index is 993. The Labute approximate surface area is 175 Å². The zero-order chi connectivity index (χ0) is 21.7. The number of nitrogens with one attached hydrogen (secondary N) is 2. The molecule has 0 aliphatic carbocycles. The van der Waals surface area contributed by atoms with E-state index in [2.05, 4.69) is 15.6 Å². The van der Waals surface area contributed by atoms with Crippen molar-refractivity contribution in [3.8, 4) is 0 Å². The second kappa shape index (κ2) is 10.1. The van der Waals surface area contributed by atoms with Gasteiger partial charge in [0.15, 0.2) is 11.2 Å². The Kier molecular flexibility index (Phi) is 7.46. The molecule has 1 unspecified atom stereocenters. The van der Waals surface area contributed by atoms with Gasteiger partial charge in [0.25, 0.3) is 5.56 Å². The van der Waals surface area contributed by atoms with Gasteiger partial charge < -0.3 is 24.7 Å². The molecule has 166 valence electrons. The van der Waals surface area contributed by atoms with Gasteiger partial charge in [-0.2, -0.15) is 4.98 Å². The average molecular weight is 421 g/mol. The molecule has 10 nitrogen and oxygen atoms in total. The van der Waals surface area contributed by atoms with E-state index in [0.29, 0.717) is 23.7 Å². The third-order valence-corrected chi connectivity index (χ3v) is 5.17. The summed E-state index contributed by atoms with van der Waals surface area (Å²) in [6.45, 7) is 9.51. The molecule has 2 aliphatic rings. The molecule has 2 saturated heterocycles. The van der Waals surface area contributed by atoms with Gasteiger partial charge in [-0.15, -0.1) is 0 Å². The summed E-state index contributed by atoms with van der Waals surface area (Å²) < 4.78 is 14.3. The van der Waals surface area contributed by atoms with Gasteiger partial charge in [-0.25, -0.2) is 4.79 Å². The number of imidazole rings is 1. The number of hydrogen-bond acceptors (Lipinski definition) is 7. The third kappa shape index (κ3) is 5.00. The third-order valence-electron chi connectivity index (χ3n) is 5.17. The van der Waals surface area contributed by atoms with Crippen LogP contribution in [0.5, 0.6) is 0 Å². The van der Waals surface area contributed by atoms with E-state index in [9.17, 15) is 9.59 Å². The Hall–Kier alpha value is -2.43. The topological polar surface area (TPSA) is 104 Å². The quantitative estimate of drug-likeness (QED) is 0.681. The molecule has 0 radical (unpaired) electrons. The van der Waals surface area contributed by atoms with E-state index in [1.165, 1.54) is 11.6 Å². The van der Waals surface area contributed by atoms with Crippen molar-refractivity contribution >= 4 is 17.1 Å². The van der Waals surface area contributed by atoms with Gasteiger partial charge >= 0.3 is 5.69 Å². The van der Waals surface area contributed by atoms with Crippen LogP contribution in [-0.2, 0) is 30.1 Å². The summed E-state index contributed by atoms with van der Waals surface area (Å²) in [5.74, 6) is 0.634. The lowest BCUT2D eigenvalue weighted by molar-refractivity contribution is -0.0334. The molecule has 0 spiro atoms. The maximum atomic E-state index is 12.6. The van der Waals surface area contributed by atoms with Crippen LogP contribution in [0.2, 0.25) is 0 Å². The monoisotopic (exact) mass is 420 g/mol. The number of aromatic nitrogens is 4. The minimum absolute atomic E-state index is 0.271. The van der Waals surface area contributed by atoms with E-state index in [1.807, 2.05) is 24.5 Å². The molecule has 2 N–H and O–H groups in total. The Balaban J connectivity index is 0.000000367. The number of aryl methyl sites for hydroxylation is 1. The molecule has 2 fully saturated rings. The van der Waals surface area contributed by atoms with E-state index in [1.54, 1.807) is 7.05 Å². The molecule has 1 atom stereocenters. The number of hydrogen-bond donors (Lipinski definition) is 2. The maximum Gasteiger partial charge on any atom is 0.332 e. The summed E-state index contributed by atoms with van der Waals surface area (Å²) in [5.41, 5.74) is 1.34. The van der Waals surface area contributed by atoms with Crippen molar-refractivity contribution in [1.82, 2.24) is 24.0 Å². The van der Waals surface area contributed by atoms with Crippen LogP contribution in [0, 0.1) is 0 Å². The molecule has 4 rings (SSSR count). The first-order chi connectivity index (χ1) is 14.4. The van der Waals surface area contributed by atoms with E-state index >= 15 is 0 Å². The highest BCUT2D eigenvalue weighted by atomic mass is 16.6. The number of ether oxygens (including phenoxy) is 2. The number of rotatable bonds is 4. The molecule has 10 heteroatoms. The van der Waals surface area contributed by atoms with Crippen molar-refractivity contribution in [2.45, 2.75) is 32.9 Å². The predicted molar refractivity (Wildman–Crippen MR) is 116 cm³/mol. The molecule has 0 amide bonds. The zero-order valence-corrected chi connectivity index (χ0v) is 18.2. The maximum absolute atomic E-state index is 12.6. The Morgan fingerprint density at radius 3 is 2.37 bits per heavy atom. The standard InChI is InChI=1S/C16H24N6O2.C4H8O2/c1-10(2)6-8-22-12-13(20(3)16(24)21(4)14(12)23)19-15(22)18-11-5-7-17-9-11;1-2-6-4-3-5-1/h6,11,17H,5,7-9H2,1-4H3,(H,18,19);1-4H2. The van der Waals surface area contributed by atoms with Crippen LogP contribution >= 0.6 is 0 Å². The molecule has 2 aromatic heterocycles. The first kappa shape index (κ1) is 22.3. The van der Waals surface area contributed by atoms with E-state index in [4.69, 9.17) is 9.47 Å². The van der Waals surface area contributed by atoms with Gasteiger partial charge in [-0.05, 0) is 26.8 Å². The molecular formula is C20H32N6O4. The SMILES string of the molecule is C1COCCO1.CC(C)=CCn1c(NC2CCNC2)nc2c1c(=O)n(C)c(=O)n2C. The van der Waals surface area contributed by atoms with E-state index < -0.39 is 0 Å². The van der Waals surface area contributed by atoms with Crippen LogP contribution in [0.25, 0.3) is 11.2 Å². The Morgan fingerprint density at radius 1 is 1.17 bits per heavy atom. The van der Waals surface area contributed by atoms with E-state index in [0.717, 1.165) is 56.1 Å². The lowest BCUT2D eigenvalue weighted by Gasteiger charge is -2.13. The fraction of sp³-hybridized carbons (Fsp3) is 0.650. The van der Waals surface area contributed by atoms with Gasteiger partial charge in [0.1, 0.15) is 0 Å². The molecule has 0 bridgehead atoms. The molecule has 30 heavy (non-hydrogen) atoms. The first-order valence-electron chi connectivity index (χ1n) is 10.3. The van der Waals surface area contributed by atoms with Crippen LogP contribution in [0.15, 0.2) is 21.2 Å². The summed E-state index contributed by atoms with van der Waals surface area (Å²) in [5, 5.41) is 6.72. The fourth-order valence-electron chi connectivity index (χ4n) is 3.41. The normalized spacial score (nSPS) is 18.7. The summed E-state index contributed by atoms with van der Waals surface area (Å²) in [4.78, 5) is 29.4. The second-order valence-electron chi connectivity index (χ2n) is 7.76. The molecule has 4 heterocycles. The molecule has 2 aromatic rings. The number of anilines is 1. The lowest BCUT2D eigenvalue weighted by Crippen LogP contribution is -2.37. The summed E-state index contributed by atoms with van der Waals surface area (Å²) >= 11 is 0. The van der Waals surface area contributed by atoms with Crippen molar-refractivity contribution in [3.63, 3.8) is 0 Å². The highest BCUT2D eigenvalue weighted by molar-refractivity contribution is 5.74. The summed E-state index contributed by atoms with van der Waals surface area (Å²) in [6.07, 6.45) is 3.05. The zero-order valence-electron chi connectivity index (χ0n) is 18.2. The van der Waals surface area contributed by atoms with Gasteiger partial charge in [0.05, 0.1) is 26.4 Å². The van der Waals surface area contributed by atoms with Crippen LogP contribution in [0.4, 0.5) is 5.95 Å². The fourth-order valence-corrected chi connectivity index (χ4v) is 3.41. The molecule has 0 aromatic carbocycles. The average Bonchev–Trinajstić information content (AvgIpc) is 3.39. The van der Waals surface area contributed by atoms with Crippen molar-refractivity contribution in [1.29, 1.82) is 0 Å². The van der Waals surface area contributed by atoms with Crippen LogP contribution in [0.3, 0.4) is 0 Å². The highest BCUT2D eigenvalue weighted by Gasteiger charge is 2.21. The lowest BCUT2D eigenvalue weighted by atomic mass is 10.3. The largest absolute Gasteiger partial charge is 0.377 e. The highest BCUT2D eigenvalue weighted by Crippen LogP contribution is 2.18. The van der Waals surface area contributed by atoms with Crippen molar-refractivity contribution < 1.29 is 9.47 Å². The van der Waals surface area contributed by atoms with Gasteiger partial charge in [0, 0.05) is 33.2 Å². The number of nitrogens with zero attached hydrogens (tertiary/aromatic N) is 4. The number of allylic oxidation sites excluding steroid dienone is 2. The van der Waals surface area contributed by atoms with Gasteiger partial charge in [-0.3, -0.25) is 13.9 Å². The van der Waals surface area contributed by atoms with Crippen molar-refractivity contribution in [2.75, 3.05) is 44.8 Å². The minimum Gasteiger partial charge on any atom is -0.377 e. The summed E-state index contributed by atoms with van der Waals surface area (Å²) in [6, 6.07) is 0.271. The predicted octanol–water partition coefficient (Wildman–Crippen LogP) is 0.207. The second-order valence-corrected chi connectivity index (χ2v) is 7.76. The smallest absolute Gasteiger partial charge is 0.332 e. The number of fused-ring (bicyclic) bond motifs is 1.